The minimum atomic E-state index is -3.52. The maximum absolute atomic E-state index is 12.3. The first kappa shape index (κ1) is 17.4. The van der Waals surface area contributed by atoms with E-state index in [0.29, 0.717) is 18.6 Å². The lowest BCUT2D eigenvalue weighted by Crippen LogP contribution is -2.24. The van der Waals surface area contributed by atoms with Gasteiger partial charge in [-0.1, -0.05) is 13.8 Å². The van der Waals surface area contributed by atoms with Crippen molar-refractivity contribution in [1.82, 2.24) is 0 Å². The van der Waals surface area contributed by atoms with Crippen LogP contribution in [0.5, 0.6) is 0 Å². The van der Waals surface area contributed by atoms with Crippen LogP contribution in [0, 0.1) is 11.8 Å². The highest BCUT2D eigenvalue weighted by molar-refractivity contribution is 7.48. The smallest absolute Gasteiger partial charge is 0.409 e. The molecule has 0 radical (unpaired) electrons. The van der Waals surface area contributed by atoms with Crippen LogP contribution in [0.2, 0.25) is 0 Å². The highest BCUT2D eigenvalue weighted by Crippen LogP contribution is 2.52. The monoisotopic (exact) mass is 304 g/mol. The first-order valence-corrected chi connectivity index (χ1v) is 8.73. The quantitative estimate of drug-likeness (QED) is 0.632. The fourth-order valence-corrected chi connectivity index (χ4v) is 3.65. The molecular formula is C14H25O5P. The van der Waals surface area contributed by atoms with Crippen molar-refractivity contribution in [3.05, 3.63) is 11.8 Å². The van der Waals surface area contributed by atoms with Crippen LogP contribution in [-0.2, 0) is 22.9 Å². The maximum atomic E-state index is 12.3. The molecule has 2 atom stereocenters. The van der Waals surface area contributed by atoms with Crippen molar-refractivity contribution in [3.8, 4) is 0 Å². The Hall–Kier alpha value is -0.640. The number of hydrogen-bond donors (Lipinski definition) is 0. The van der Waals surface area contributed by atoms with Gasteiger partial charge in [-0.25, -0.2) is 4.57 Å². The molecule has 0 aliphatic heterocycles. The molecule has 0 unspecified atom stereocenters. The van der Waals surface area contributed by atoms with E-state index >= 15 is 0 Å². The number of ketones is 1. The van der Waals surface area contributed by atoms with Crippen molar-refractivity contribution < 1.29 is 22.9 Å². The van der Waals surface area contributed by atoms with E-state index in [2.05, 4.69) is 0 Å². The van der Waals surface area contributed by atoms with Crippen molar-refractivity contribution >= 4 is 13.6 Å². The number of rotatable bonds is 8. The number of hydrogen-bond acceptors (Lipinski definition) is 5. The van der Waals surface area contributed by atoms with Gasteiger partial charge in [0.25, 0.3) is 0 Å². The van der Waals surface area contributed by atoms with Crippen molar-refractivity contribution in [2.75, 3.05) is 13.2 Å². The first-order chi connectivity index (χ1) is 9.45. The molecule has 0 N–H and O–H groups in total. The molecule has 1 aliphatic rings. The summed E-state index contributed by atoms with van der Waals surface area (Å²) in [6.45, 7) is 7.86. The minimum Gasteiger partial charge on any atom is -0.409 e. The average molecular weight is 304 g/mol. The van der Waals surface area contributed by atoms with E-state index in [1.807, 2.05) is 19.9 Å². The molecule has 0 fully saturated rings. The zero-order valence-electron chi connectivity index (χ0n) is 12.8. The number of allylic oxidation sites excluding steroid dienone is 2. The molecule has 0 bridgehead atoms. The molecule has 0 saturated heterocycles. The molecule has 0 heterocycles. The highest BCUT2D eigenvalue weighted by Gasteiger charge is 2.32. The van der Waals surface area contributed by atoms with Crippen LogP contribution in [-0.4, -0.2) is 19.0 Å². The third-order valence-electron chi connectivity index (χ3n) is 3.35. The summed E-state index contributed by atoms with van der Waals surface area (Å²) in [6.07, 6.45) is 3.73. The molecular weight excluding hydrogens is 279 g/mol. The maximum Gasteiger partial charge on any atom is 0.529 e. The fourth-order valence-electron chi connectivity index (χ4n) is 2.40. The largest absolute Gasteiger partial charge is 0.529 e. The summed E-state index contributed by atoms with van der Waals surface area (Å²) in [5, 5.41) is 0. The summed E-state index contributed by atoms with van der Waals surface area (Å²) in [5.41, 5.74) is 0. The van der Waals surface area contributed by atoms with Gasteiger partial charge in [0, 0.05) is 18.8 Å². The zero-order valence-corrected chi connectivity index (χ0v) is 13.7. The highest BCUT2D eigenvalue weighted by atomic mass is 31.2. The van der Waals surface area contributed by atoms with Gasteiger partial charge in [-0.15, -0.1) is 0 Å². The van der Waals surface area contributed by atoms with Gasteiger partial charge in [0.15, 0.2) is 0 Å². The molecule has 116 valence electrons. The second-order valence-electron chi connectivity index (χ2n) is 4.83. The van der Waals surface area contributed by atoms with Crippen molar-refractivity contribution in [3.63, 3.8) is 0 Å². The lowest BCUT2D eigenvalue weighted by Gasteiger charge is -2.27. The molecule has 0 aromatic carbocycles. The van der Waals surface area contributed by atoms with E-state index in [0.717, 1.165) is 6.42 Å². The van der Waals surface area contributed by atoms with Crippen molar-refractivity contribution in [2.24, 2.45) is 11.8 Å². The van der Waals surface area contributed by atoms with Gasteiger partial charge in [-0.2, -0.15) is 0 Å². The zero-order chi connectivity index (χ0) is 15.2. The number of phosphoric acid groups is 1. The van der Waals surface area contributed by atoms with Gasteiger partial charge in [-0.3, -0.25) is 13.8 Å². The van der Waals surface area contributed by atoms with Crippen LogP contribution in [0.4, 0.5) is 0 Å². The molecule has 0 aromatic rings. The predicted octanol–water partition coefficient (Wildman–Crippen LogP) is 4.09. The second-order valence-corrected chi connectivity index (χ2v) is 6.42. The summed E-state index contributed by atoms with van der Waals surface area (Å²) >= 11 is 0. The SMILES string of the molecule is CCOP(=O)(OCC)OC1=C[C@@H](C)[C@@H](C(=O)CC)CC1. The molecule has 0 spiro atoms. The van der Waals surface area contributed by atoms with E-state index in [-0.39, 0.29) is 30.8 Å². The standard InChI is InChI=1S/C14H25O5P/c1-5-14(15)13-9-8-12(10-11(13)4)19-20(16,17-6-2)18-7-3/h10-11,13H,5-9H2,1-4H3/t11-,13+/m1/s1. The summed E-state index contributed by atoms with van der Waals surface area (Å²) in [4.78, 5) is 11.8. The van der Waals surface area contributed by atoms with Crippen molar-refractivity contribution in [1.29, 1.82) is 0 Å². The fraction of sp³-hybridized carbons (Fsp3) is 0.786. The Bertz CT molecular complexity index is 394. The summed E-state index contributed by atoms with van der Waals surface area (Å²) in [7, 11) is -3.52. The van der Waals surface area contributed by atoms with Gasteiger partial charge >= 0.3 is 7.82 Å². The Morgan fingerprint density at radius 3 is 2.35 bits per heavy atom. The van der Waals surface area contributed by atoms with Crippen molar-refractivity contribution in [2.45, 2.75) is 47.0 Å². The van der Waals surface area contributed by atoms with E-state index in [9.17, 15) is 9.36 Å². The lowest BCUT2D eigenvalue weighted by molar-refractivity contribution is -0.123. The summed E-state index contributed by atoms with van der Waals surface area (Å²) in [5.74, 6) is 0.988. The van der Waals surface area contributed by atoms with Crippen LogP contribution >= 0.6 is 7.82 Å². The summed E-state index contributed by atoms with van der Waals surface area (Å²) < 4.78 is 28.0. The Labute approximate surface area is 121 Å². The van der Waals surface area contributed by atoms with Crippen LogP contribution in [0.25, 0.3) is 0 Å². The Morgan fingerprint density at radius 1 is 1.30 bits per heavy atom. The topological polar surface area (TPSA) is 61.8 Å². The van der Waals surface area contributed by atoms with E-state index in [1.165, 1.54) is 0 Å². The molecule has 20 heavy (non-hydrogen) atoms. The molecule has 0 aromatic heterocycles. The van der Waals surface area contributed by atoms with Gasteiger partial charge in [-0.05, 0) is 32.3 Å². The van der Waals surface area contributed by atoms with Gasteiger partial charge < -0.3 is 4.52 Å². The van der Waals surface area contributed by atoms with Crippen LogP contribution in [0.3, 0.4) is 0 Å². The third kappa shape index (κ3) is 4.72. The number of carbonyl (C=O) groups excluding carboxylic acids is 1. The molecule has 0 saturated carbocycles. The first-order valence-electron chi connectivity index (χ1n) is 7.27. The van der Waals surface area contributed by atoms with E-state index in [1.54, 1.807) is 13.8 Å². The van der Waals surface area contributed by atoms with Crippen LogP contribution < -0.4 is 0 Å². The van der Waals surface area contributed by atoms with Gasteiger partial charge in [0.1, 0.15) is 11.5 Å². The van der Waals surface area contributed by atoms with Crippen LogP contribution in [0.15, 0.2) is 11.8 Å². The predicted molar refractivity (Wildman–Crippen MR) is 77.2 cm³/mol. The number of phosphoric ester groups is 1. The minimum absolute atomic E-state index is 0.0333. The Kier molecular flexibility index (Phi) is 6.93. The van der Waals surface area contributed by atoms with Gasteiger partial charge in [0.05, 0.1) is 13.2 Å². The van der Waals surface area contributed by atoms with Gasteiger partial charge in [0.2, 0.25) is 0 Å². The molecule has 6 heteroatoms. The molecule has 1 rings (SSSR count). The molecule has 1 aliphatic carbocycles. The average Bonchev–Trinajstić information content (AvgIpc) is 2.38. The normalized spacial score (nSPS) is 23.3. The third-order valence-corrected chi connectivity index (χ3v) is 4.96. The lowest BCUT2D eigenvalue weighted by atomic mass is 9.81. The number of carbonyl (C=O) groups is 1. The van der Waals surface area contributed by atoms with Crippen LogP contribution in [0.1, 0.15) is 47.0 Å². The van der Waals surface area contributed by atoms with E-state index < -0.39 is 7.82 Å². The van der Waals surface area contributed by atoms with E-state index in [4.69, 9.17) is 13.6 Å². The molecule has 0 amide bonds. The summed E-state index contributed by atoms with van der Waals surface area (Å²) in [6, 6.07) is 0. The Morgan fingerprint density at radius 2 is 1.90 bits per heavy atom. The Balaban J connectivity index is 2.74. The second kappa shape index (κ2) is 7.96. The molecule has 5 nitrogen and oxygen atoms in total. The number of Topliss-reactive ketones (excluding diaryl/α,β-unsaturated/α-hetero) is 1.